The number of carbonyl (C=O) groups is 1. The molecular weight excluding hydrogens is 214 g/mol. The summed E-state index contributed by atoms with van der Waals surface area (Å²) in [6.07, 6.45) is 0. The molecule has 0 bridgehead atoms. The van der Waals surface area contributed by atoms with Crippen LogP contribution in [0.25, 0.3) is 0 Å². The van der Waals surface area contributed by atoms with Crippen LogP contribution in [-0.2, 0) is 4.74 Å². The molecule has 0 N–H and O–H groups in total. The van der Waals surface area contributed by atoms with E-state index in [1.807, 2.05) is 12.1 Å². The summed E-state index contributed by atoms with van der Waals surface area (Å²) < 4.78 is 5.35. The fourth-order valence-electron chi connectivity index (χ4n) is 2.17. The van der Waals surface area contributed by atoms with Gasteiger partial charge in [-0.3, -0.25) is 9.69 Å². The number of carbonyl (C=O) groups excluding carboxylic acids is 1. The molecule has 1 atom stereocenters. The molecule has 92 valence electrons. The van der Waals surface area contributed by atoms with E-state index in [1.165, 1.54) is 5.56 Å². The Hall–Kier alpha value is -1.19. The minimum absolute atomic E-state index is 0.121. The van der Waals surface area contributed by atoms with Crippen LogP contribution >= 0.6 is 0 Å². The molecule has 1 saturated heterocycles. The average Bonchev–Trinajstić information content (AvgIpc) is 2.39. The van der Waals surface area contributed by atoms with Crippen molar-refractivity contribution < 1.29 is 9.53 Å². The van der Waals surface area contributed by atoms with E-state index >= 15 is 0 Å². The number of ketones is 1. The van der Waals surface area contributed by atoms with Gasteiger partial charge in [-0.2, -0.15) is 0 Å². The van der Waals surface area contributed by atoms with Gasteiger partial charge in [-0.15, -0.1) is 0 Å². The lowest BCUT2D eigenvalue weighted by atomic mass is 10.0. The van der Waals surface area contributed by atoms with Crippen LogP contribution in [0.3, 0.4) is 0 Å². The van der Waals surface area contributed by atoms with Crippen molar-refractivity contribution in [3.05, 3.63) is 35.4 Å². The molecule has 0 spiro atoms. The van der Waals surface area contributed by atoms with Gasteiger partial charge < -0.3 is 4.74 Å². The quantitative estimate of drug-likeness (QED) is 0.750. The number of hydrogen-bond acceptors (Lipinski definition) is 3. The Kier molecular flexibility index (Phi) is 3.92. The fraction of sp³-hybridized carbons (Fsp3) is 0.500. The van der Waals surface area contributed by atoms with E-state index in [4.69, 9.17) is 4.74 Å². The van der Waals surface area contributed by atoms with Crippen LogP contribution in [0.4, 0.5) is 0 Å². The number of morpholine rings is 1. The summed E-state index contributed by atoms with van der Waals surface area (Å²) in [4.78, 5) is 13.6. The number of Topliss-reactive ketones (excluding diaryl/α,β-unsaturated/α-hetero) is 1. The van der Waals surface area contributed by atoms with E-state index in [2.05, 4.69) is 24.0 Å². The van der Waals surface area contributed by atoms with Crippen molar-refractivity contribution in [2.45, 2.75) is 19.9 Å². The summed E-state index contributed by atoms with van der Waals surface area (Å²) in [5.41, 5.74) is 2.04. The van der Waals surface area contributed by atoms with Gasteiger partial charge in [-0.1, -0.05) is 24.3 Å². The highest BCUT2D eigenvalue weighted by molar-refractivity contribution is 5.94. The average molecular weight is 233 g/mol. The maximum absolute atomic E-state index is 11.2. The minimum Gasteiger partial charge on any atom is -0.379 e. The molecule has 2 rings (SSSR count). The van der Waals surface area contributed by atoms with Gasteiger partial charge >= 0.3 is 0 Å². The summed E-state index contributed by atoms with van der Waals surface area (Å²) in [7, 11) is 0. The second-order valence-electron chi connectivity index (χ2n) is 4.50. The Morgan fingerprint density at radius 2 is 1.82 bits per heavy atom. The van der Waals surface area contributed by atoms with Gasteiger partial charge in [0.1, 0.15) is 0 Å². The Labute approximate surface area is 102 Å². The molecule has 1 fully saturated rings. The molecule has 3 heteroatoms. The molecule has 1 aliphatic rings. The Balaban J connectivity index is 2.07. The van der Waals surface area contributed by atoms with Gasteiger partial charge in [-0.05, 0) is 19.4 Å². The van der Waals surface area contributed by atoms with E-state index in [-0.39, 0.29) is 5.78 Å². The van der Waals surface area contributed by atoms with Crippen LogP contribution in [-0.4, -0.2) is 37.0 Å². The predicted octanol–water partition coefficient (Wildman–Crippen LogP) is 2.28. The predicted molar refractivity (Wildman–Crippen MR) is 67.3 cm³/mol. The Morgan fingerprint density at radius 1 is 1.24 bits per heavy atom. The molecule has 1 aromatic carbocycles. The maximum Gasteiger partial charge on any atom is 0.159 e. The van der Waals surface area contributed by atoms with Gasteiger partial charge in [0, 0.05) is 24.7 Å². The molecule has 3 nitrogen and oxygen atoms in total. The molecule has 0 radical (unpaired) electrons. The van der Waals surface area contributed by atoms with E-state index in [1.54, 1.807) is 6.92 Å². The van der Waals surface area contributed by atoms with Crippen molar-refractivity contribution in [3.63, 3.8) is 0 Å². The monoisotopic (exact) mass is 233 g/mol. The SMILES string of the molecule is CC(=O)c1ccc(C(C)N2CCOCC2)cc1. The molecule has 0 amide bonds. The summed E-state index contributed by atoms with van der Waals surface area (Å²) in [6.45, 7) is 7.39. The highest BCUT2D eigenvalue weighted by Gasteiger charge is 2.18. The number of nitrogens with zero attached hydrogens (tertiary/aromatic N) is 1. The molecular formula is C14H19NO2. The third-order valence-electron chi connectivity index (χ3n) is 3.39. The number of hydrogen-bond donors (Lipinski definition) is 0. The third kappa shape index (κ3) is 2.93. The van der Waals surface area contributed by atoms with E-state index in [0.29, 0.717) is 6.04 Å². The molecule has 17 heavy (non-hydrogen) atoms. The minimum atomic E-state index is 0.121. The van der Waals surface area contributed by atoms with Crippen molar-refractivity contribution in [3.8, 4) is 0 Å². The van der Waals surface area contributed by atoms with Gasteiger partial charge in [0.25, 0.3) is 0 Å². The maximum atomic E-state index is 11.2. The summed E-state index contributed by atoms with van der Waals surface area (Å²) >= 11 is 0. The van der Waals surface area contributed by atoms with Gasteiger partial charge in [0.15, 0.2) is 5.78 Å². The normalized spacial score (nSPS) is 18.9. The van der Waals surface area contributed by atoms with E-state index in [9.17, 15) is 4.79 Å². The molecule has 1 heterocycles. The zero-order chi connectivity index (χ0) is 12.3. The zero-order valence-corrected chi connectivity index (χ0v) is 10.5. The third-order valence-corrected chi connectivity index (χ3v) is 3.39. The lowest BCUT2D eigenvalue weighted by Crippen LogP contribution is -2.38. The zero-order valence-electron chi connectivity index (χ0n) is 10.5. The molecule has 1 unspecified atom stereocenters. The summed E-state index contributed by atoms with van der Waals surface area (Å²) in [5, 5.41) is 0. The second kappa shape index (κ2) is 5.43. The fourth-order valence-corrected chi connectivity index (χ4v) is 2.17. The Morgan fingerprint density at radius 3 is 2.35 bits per heavy atom. The summed E-state index contributed by atoms with van der Waals surface area (Å²) in [5.74, 6) is 0.121. The van der Waals surface area contributed by atoms with Crippen LogP contribution in [0.1, 0.15) is 35.8 Å². The van der Waals surface area contributed by atoms with Crippen LogP contribution in [0.5, 0.6) is 0 Å². The number of benzene rings is 1. The molecule has 1 aromatic rings. The first-order chi connectivity index (χ1) is 8.18. The molecule has 0 aromatic heterocycles. The van der Waals surface area contributed by atoms with Gasteiger partial charge in [0.2, 0.25) is 0 Å². The van der Waals surface area contributed by atoms with Crippen molar-refractivity contribution in [2.75, 3.05) is 26.3 Å². The highest BCUT2D eigenvalue weighted by atomic mass is 16.5. The number of ether oxygens (including phenoxy) is 1. The van der Waals surface area contributed by atoms with E-state index in [0.717, 1.165) is 31.9 Å². The highest BCUT2D eigenvalue weighted by Crippen LogP contribution is 2.21. The first kappa shape index (κ1) is 12.3. The topological polar surface area (TPSA) is 29.5 Å². The molecule has 0 aliphatic carbocycles. The standard InChI is InChI=1S/C14H19NO2/c1-11(15-7-9-17-10-8-15)13-3-5-14(6-4-13)12(2)16/h3-6,11H,7-10H2,1-2H3. The molecule has 0 saturated carbocycles. The van der Waals surface area contributed by atoms with Crippen molar-refractivity contribution >= 4 is 5.78 Å². The second-order valence-corrected chi connectivity index (χ2v) is 4.50. The van der Waals surface area contributed by atoms with Gasteiger partial charge in [0.05, 0.1) is 13.2 Å². The van der Waals surface area contributed by atoms with E-state index < -0.39 is 0 Å². The van der Waals surface area contributed by atoms with Crippen LogP contribution < -0.4 is 0 Å². The van der Waals surface area contributed by atoms with Crippen molar-refractivity contribution in [2.24, 2.45) is 0 Å². The Bertz CT molecular complexity index is 380. The lowest BCUT2D eigenvalue weighted by molar-refractivity contribution is 0.0198. The first-order valence-corrected chi connectivity index (χ1v) is 6.11. The first-order valence-electron chi connectivity index (χ1n) is 6.11. The van der Waals surface area contributed by atoms with Crippen molar-refractivity contribution in [1.29, 1.82) is 0 Å². The van der Waals surface area contributed by atoms with Crippen LogP contribution in [0, 0.1) is 0 Å². The largest absolute Gasteiger partial charge is 0.379 e. The van der Waals surface area contributed by atoms with Crippen LogP contribution in [0.2, 0.25) is 0 Å². The lowest BCUT2D eigenvalue weighted by Gasteiger charge is -2.32. The molecule has 1 aliphatic heterocycles. The number of rotatable bonds is 3. The van der Waals surface area contributed by atoms with Crippen molar-refractivity contribution in [1.82, 2.24) is 4.90 Å². The van der Waals surface area contributed by atoms with Gasteiger partial charge in [-0.25, -0.2) is 0 Å². The summed E-state index contributed by atoms with van der Waals surface area (Å²) in [6, 6.07) is 8.32. The smallest absolute Gasteiger partial charge is 0.159 e. The van der Waals surface area contributed by atoms with Crippen LogP contribution in [0.15, 0.2) is 24.3 Å².